The van der Waals surface area contributed by atoms with Gasteiger partial charge in [-0.2, -0.15) is 0 Å². The van der Waals surface area contributed by atoms with Gasteiger partial charge in [-0.3, -0.25) is 0 Å². The Labute approximate surface area is 409 Å². The van der Waals surface area contributed by atoms with Crippen molar-refractivity contribution < 1.29 is 36.7 Å². The third-order valence-corrected chi connectivity index (χ3v) is 14.8. The Kier molecular flexibility index (Phi) is 9.86. The van der Waals surface area contributed by atoms with Gasteiger partial charge >= 0.3 is 35.6 Å². The van der Waals surface area contributed by atoms with E-state index in [-0.39, 0.29) is 0 Å². The van der Waals surface area contributed by atoms with Gasteiger partial charge in [0.15, 0.2) is 0 Å². The molecule has 1 fully saturated rings. The first-order valence-electron chi connectivity index (χ1n) is 22.8. The molecule has 3 aliphatic rings. The van der Waals surface area contributed by atoms with Gasteiger partial charge in [-0.15, -0.1) is 0 Å². The van der Waals surface area contributed by atoms with Gasteiger partial charge < -0.3 is 19.7 Å². The van der Waals surface area contributed by atoms with E-state index in [1.807, 2.05) is 48.5 Å². The summed E-state index contributed by atoms with van der Waals surface area (Å²) in [6.45, 7) is 0. The van der Waals surface area contributed by atoms with Crippen LogP contribution in [-0.2, 0) is 43.5 Å². The Balaban J connectivity index is 0.00000149. The van der Waals surface area contributed by atoms with E-state index in [4.69, 9.17) is 28.1 Å². The second kappa shape index (κ2) is 16.0. The van der Waals surface area contributed by atoms with Crippen LogP contribution in [0.1, 0.15) is 33.4 Å². The van der Waals surface area contributed by atoms with Crippen LogP contribution in [0.25, 0.3) is 76.1 Å². The van der Waals surface area contributed by atoms with E-state index in [1.165, 1.54) is 0 Å². The summed E-state index contributed by atoms with van der Waals surface area (Å²) in [4.78, 5) is 0. The second-order valence-corrected chi connectivity index (χ2v) is 20.6. The van der Waals surface area contributed by atoms with Gasteiger partial charge in [-0.25, -0.2) is 0 Å². The Bertz CT molecular complexity index is 3470. The summed E-state index contributed by atoms with van der Waals surface area (Å²) < 4.78 is 15.8. The van der Waals surface area contributed by atoms with Gasteiger partial charge in [0.2, 0.25) is 5.79 Å². The number of hydrogen-bond donors (Lipinski definition) is 2. The predicted molar refractivity (Wildman–Crippen MR) is 272 cm³/mol. The summed E-state index contributed by atoms with van der Waals surface area (Å²) in [6.07, 6.45) is -2.38. The zero-order valence-corrected chi connectivity index (χ0v) is 39.5. The minimum absolute atomic E-state index is 0.556. The minimum atomic E-state index is -1.84. The maximum absolute atomic E-state index is 14.6. The first-order chi connectivity index (χ1) is 33.4. The monoisotopic (exact) mass is 954 g/mol. The van der Waals surface area contributed by atoms with Crippen LogP contribution in [-0.4, -0.2) is 22.4 Å². The van der Waals surface area contributed by atoms with E-state index in [0.29, 0.717) is 22.3 Å². The van der Waals surface area contributed by atoms with E-state index >= 15 is 0 Å². The number of ether oxygens (including phenoxy) is 2. The molecule has 0 unspecified atom stereocenters. The van der Waals surface area contributed by atoms with Crippen LogP contribution in [0.2, 0.25) is 0 Å². The van der Waals surface area contributed by atoms with Crippen LogP contribution < -0.4 is 0 Å². The Morgan fingerprint density at radius 3 is 0.985 bits per heavy atom. The first kappa shape index (κ1) is 42.0. The van der Waals surface area contributed by atoms with Gasteiger partial charge in [-0.05, 0) is 98.4 Å². The SMILES string of the molecule is OC1([C@@H]2OC(c3ccccc3)(c3cccc4ccccc34)O[C@H]2C2(O)c3ccc4ccccc4c3-c3c2ccc2ccccc32)c2ccc3ccccc3c2-c2c1ccc1ccccc21.[Cl][Ti][Cl]. The fraction of sp³-hybridized carbons (Fsp3) is 0.0820. The summed E-state index contributed by atoms with van der Waals surface area (Å²) in [6, 6.07) is 74.7. The van der Waals surface area contributed by atoms with E-state index < -0.39 is 46.2 Å². The van der Waals surface area contributed by atoms with Gasteiger partial charge in [0.05, 0.1) is 0 Å². The van der Waals surface area contributed by atoms with Gasteiger partial charge in [0, 0.05) is 11.1 Å². The predicted octanol–water partition coefficient (Wildman–Crippen LogP) is 14.6. The molecule has 68 heavy (non-hydrogen) atoms. The van der Waals surface area contributed by atoms with Crippen LogP contribution in [0.5, 0.6) is 0 Å². The molecule has 2 atom stereocenters. The molecule has 326 valence electrons. The van der Waals surface area contributed by atoms with Crippen molar-refractivity contribution in [1.29, 1.82) is 0 Å². The zero-order valence-electron chi connectivity index (χ0n) is 36.4. The molecule has 0 saturated carbocycles. The quantitative estimate of drug-likeness (QED) is 0.173. The van der Waals surface area contributed by atoms with Crippen molar-refractivity contribution in [3.05, 3.63) is 252 Å². The third-order valence-electron chi connectivity index (χ3n) is 14.8. The van der Waals surface area contributed by atoms with Crippen LogP contribution in [0.3, 0.4) is 0 Å². The molecule has 0 radical (unpaired) electrons. The summed E-state index contributed by atoms with van der Waals surface area (Å²) in [7, 11) is 9.78. The van der Waals surface area contributed by atoms with Crippen molar-refractivity contribution >= 4 is 72.5 Å². The van der Waals surface area contributed by atoms with Crippen molar-refractivity contribution in [2.75, 3.05) is 0 Å². The van der Waals surface area contributed by atoms with Crippen molar-refractivity contribution in [2.45, 2.75) is 29.2 Å². The average molecular weight is 956 g/mol. The number of aliphatic hydroxyl groups is 2. The van der Waals surface area contributed by atoms with Crippen LogP contribution in [0.15, 0.2) is 218 Å². The zero-order chi connectivity index (χ0) is 45.8. The molecule has 11 aromatic carbocycles. The molecule has 2 N–H and O–H groups in total. The molecule has 2 aliphatic carbocycles. The number of hydrogen-bond acceptors (Lipinski definition) is 4. The van der Waals surface area contributed by atoms with Crippen LogP contribution in [0, 0.1) is 0 Å². The number of halogens is 2. The molecule has 0 aromatic heterocycles. The Morgan fingerprint density at radius 2 is 0.618 bits per heavy atom. The van der Waals surface area contributed by atoms with Crippen molar-refractivity contribution in [1.82, 2.24) is 0 Å². The molecule has 1 heterocycles. The molecule has 1 aliphatic heterocycles. The molecular weight excluding hydrogens is 915 g/mol. The summed E-state index contributed by atoms with van der Waals surface area (Å²) in [5.41, 5.74) is 4.53. The summed E-state index contributed by atoms with van der Waals surface area (Å²) in [5, 5.41) is 39.6. The Morgan fingerprint density at radius 1 is 0.324 bits per heavy atom. The molecule has 11 aromatic rings. The number of rotatable bonds is 4. The maximum atomic E-state index is 14.6. The molecule has 1 saturated heterocycles. The summed E-state index contributed by atoms with van der Waals surface area (Å²) in [5.74, 6) is -1.60. The molecule has 0 bridgehead atoms. The van der Waals surface area contributed by atoms with Gasteiger partial charge in [-0.1, -0.05) is 218 Å². The van der Waals surface area contributed by atoms with Crippen LogP contribution >= 0.6 is 18.6 Å². The normalized spacial score (nSPS) is 17.9. The average Bonchev–Trinajstić information content (AvgIpc) is 4.03. The molecule has 7 heteroatoms. The number of benzene rings is 11. The molecule has 0 amide bonds. The second-order valence-electron chi connectivity index (χ2n) is 18.0. The van der Waals surface area contributed by atoms with E-state index in [1.54, 1.807) is 0 Å². The van der Waals surface area contributed by atoms with E-state index in [2.05, 4.69) is 170 Å². The van der Waals surface area contributed by atoms with E-state index in [0.717, 1.165) is 87.2 Å². The van der Waals surface area contributed by atoms with Crippen molar-refractivity contribution in [2.24, 2.45) is 0 Å². The van der Waals surface area contributed by atoms with Crippen LogP contribution in [0.4, 0.5) is 0 Å². The van der Waals surface area contributed by atoms with Gasteiger partial charge in [0.1, 0.15) is 23.4 Å². The fourth-order valence-electron chi connectivity index (χ4n) is 12.0. The summed E-state index contributed by atoms with van der Waals surface area (Å²) >= 11 is -0.556. The van der Waals surface area contributed by atoms with E-state index in [9.17, 15) is 10.2 Å². The molecule has 0 spiro atoms. The Hall–Kier alpha value is -6.15. The molecular formula is C61H40Cl2O4Ti. The number of fused-ring (bicyclic) bond motifs is 15. The van der Waals surface area contributed by atoms with Gasteiger partial charge in [0.25, 0.3) is 0 Å². The first-order valence-corrected chi connectivity index (χ1v) is 27.1. The van der Waals surface area contributed by atoms with Crippen molar-refractivity contribution in [3.63, 3.8) is 0 Å². The third kappa shape index (κ3) is 5.81. The fourth-order valence-corrected chi connectivity index (χ4v) is 12.0. The standard InChI is InChI=1S/C61H40O4.2ClH.Ti/c62-59(49-33-29-38-16-5-10-24-44(38)53(49)54-45-25-11-6-17-39(45)30-34-50(54)59)57-58(65-61(64-57,42-21-2-1-3-22-42)48-28-14-20-37-15-4-9-23-43(37)48)60(63)51-35-31-40-18-7-12-26-46(40)55(51)56-47-27-13-8-19-41(47)32-36-52(56)60;;;/h1-36,57-58,62-63H;2*1H;/q;;;+2/p-2/t57-,58-;;;/m1.../s1. The van der Waals surface area contributed by atoms with Crippen molar-refractivity contribution in [3.8, 4) is 22.3 Å². The molecule has 4 nitrogen and oxygen atoms in total. The molecule has 14 rings (SSSR count). The topological polar surface area (TPSA) is 58.9 Å².